The van der Waals surface area contributed by atoms with Crippen molar-refractivity contribution >= 4 is 17.3 Å². The molecule has 0 spiro atoms. The molecule has 0 atom stereocenters. The summed E-state index contributed by atoms with van der Waals surface area (Å²) in [6, 6.07) is 0. The molecule has 1 aromatic heterocycles. The van der Waals surface area contributed by atoms with Gasteiger partial charge in [-0.3, -0.25) is 4.79 Å². The average Bonchev–Trinajstić information content (AvgIpc) is 2.92. The number of ether oxygens (including phenoxy) is 1. The van der Waals surface area contributed by atoms with Gasteiger partial charge in [0.2, 0.25) is 0 Å². The van der Waals surface area contributed by atoms with Crippen LogP contribution in [0.15, 0.2) is 6.20 Å². The number of hydrogen-bond acceptors (Lipinski definition) is 4. The van der Waals surface area contributed by atoms with Gasteiger partial charge in [0.1, 0.15) is 6.61 Å². The zero-order chi connectivity index (χ0) is 11.8. The lowest BCUT2D eigenvalue weighted by atomic mass is 9.98. The highest BCUT2D eigenvalue weighted by atomic mass is 32.1. The number of carbonyl (C=O) groups excluding carboxylic acids is 1. The highest BCUT2D eigenvalue weighted by Gasteiger charge is 2.31. The lowest BCUT2D eigenvalue weighted by Gasteiger charge is -2.13. The Balaban J connectivity index is 1.90. The fourth-order valence-corrected chi connectivity index (χ4v) is 2.18. The molecule has 1 saturated carbocycles. The van der Waals surface area contributed by atoms with E-state index < -0.39 is 0 Å². The average molecular weight is 239 g/mol. The van der Waals surface area contributed by atoms with Crippen LogP contribution >= 0.6 is 11.3 Å². The fraction of sp³-hybridized carbons (Fsp3) is 0.667. The maximum atomic E-state index is 11.3. The van der Waals surface area contributed by atoms with Crippen molar-refractivity contribution in [3.8, 4) is 0 Å². The first-order chi connectivity index (χ1) is 7.47. The molecule has 1 aliphatic rings. The number of esters is 1. The smallest absolute Gasteiger partial charge is 0.309 e. The van der Waals surface area contributed by atoms with E-state index in [1.54, 1.807) is 11.3 Å². The van der Waals surface area contributed by atoms with Crippen molar-refractivity contribution in [2.45, 2.75) is 45.6 Å². The van der Waals surface area contributed by atoms with Gasteiger partial charge >= 0.3 is 5.97 Å². The third kappa shape index (κ3) is 2.82. The van der Waals surface area contributed by atoms with E-state index in [4.69, 9.17) is 4.74 Å². The summed E-state index contributed by atoms with van der Waals surface area (Å²) in [7, 11) is 0. The summed E-state index contributed by atoms with van der Waals surface area (Å²) < 4.78 is 5.21. The summed E-state index contributed by atoms with van der Waals surface area (Å²) in [6.07, 6.45) is 3.80. The second-order valence-corrected chi connectivity index (χ2v) is 6.38. The van der Waals surface area contributed by atoms with Gasteiger partial charge in [-0.1, -0.05) is 20.8 Å². The lowest BCUT2D eigenvalue weighted by Crippen LogP contribution is -2.09. The van der Waals surface area contributed by atoms with Crippen LogP contribution in [0.4, 0.5) is 0 Å². The Kier molecular flexibility index (Phi) is 3.02. The van der Waals surface area contributed by atoms with Crippen molar-refractivity contribution in [2.75, 3.05) is 0 Å². The number of hydrogen-bond donors (Lipinski definition) is 0. The summed E-state index contributed by atoms with van der Waals surface area (Å²) >= 11 is 1.63. The molecule has 0 saturated heterocycles. The zero-order valence-corrected chi connectivity index (χ0v) is 10.8. The minimum Gasteiger partial charge on any atom is -0.460 e. The molecule has 0 unspecified atom stereocenters. The highest BCUT2D eigenvalue weighted by Crippen LogP contribution is 2.31. The van der Waals surface area contributed by atoms with Crippen molar-refractivity contribution in [3.05, 3.63) is 16.1 Å². The Morgan fingerprint density at radius 3 is 2.75 bits per heavy atom. The van der Waals surface area contributed by atoms with Crippen LogP contribution in [0.5, 0.6) is 0 Å². The van der Waals surface area contributed by atoms with Crippen LogP contribution in [0.1, 0.15) is 43.5 Å². The van der Waals surface area contributed by atoms with E-state index in [2.05, 4.69) is 25.8 Å². The van der Waals surface area contributed by atoms with Crippen LogP contribution in [0, 0.1) is 5.92 Å². The molecule has 0 radical (unpaired) electrons. The zero-order valence-electron chi connectivity index (χ0n) is 9.95. The summed E-state index contributed by atoms with van der Waals surface area (Å²) in [5, 5.41) is 1.09. The summed E-state index contributed by atoms with van der Waals surface area (Å²) in [4.78, 5) is 16.7. The maximum Gasteiger partial charge on any atom is 0.309 e. The van der Waals surface area contributed by atoms with Crippen molar-refractivity contribution in [3.63, 3.8) is 0 Å². The number of nitrogens with zero attached hydrogens (tertiary/aromatic N) is 1. The Hall–Kier alpha value is -0.900. The molecule has 0 amide bonds. The van der Waals surface area contributed by atoms with Crippen molar-refractivity contribution in [2.24, 2.45) is 5.92 Å². The second kappa shape index (κ2) is 4.17. The predicted molar refractivity (Wildman–Crippen MR) is 63.3 cm³/mol. The molecule has 1 aliphatic carbocycles. The molecule has 3 nitrogen and oxygen atoms in total. The highest BCUT2D eigenvalue weighted by molar-refractivity contribution is 7.11. The molecule has 1 aromatic rings. The van der Waals surface area contributed by atoms with Crippen LogP contribution in [0.25, 0.3) is 0 Å². The van der Waals surface area contributed by atoms with E-state index in [1.807, 2.05) is 6.20 Å². The van der Waals surface area contributed by atoms with E-state index in [9.17, 15) is 4.79 Å². The summed E-state index contributed by atoms with van der Waals surface area (Å²) in [6.45, 7) is 6.77. The molecular weight excluding hydrogens is 222 g/mol. The van der Waals surface area contributed by atoms with E-state index in [-0.39, 0.29) is 17.3 Å². The van der Waals surface area contributed by atoms with Gasteiger partial charge < -0.3 is 4.74 Å². The maximum absolute atomic E-state index is 11.3. The van der Waals surface area contributed by atoms with Crippen LogP contribution in [0.2, 0.25) is 0 Å². The number of aromatic nitrogens is 1. The standard InChI is InChI=1S/C12H17NO2S/c1-12(2,3)11-13-6-9(16-11)7-15-10(14)8-4-5-8/h6,8H,4-5,7H2,1-3H3. The second-order valence-electron chi connectivity index (χ2n) is 5.26. The molecular formula is C12H17NO2S. The first kappa shape index (κ1) is 11.6. The van der Waals surface area contributed by atoms with E-state index in [0.29, 0.717) is 6.61 Å². The molecule has 1 heterocycles. The van der Waals surface area contributed by atoms with E-state index >= 15 is 0 Å². The third-order valence-corrected chi connectivity index (χ3v) is 3.86. The quantitative estimate of drug-likeness (QED) is 0.761. The van der Waals surface area contributed by atoms with Crippen molar-refractivity contribution in [1.29, 1.82) is 0 Å². The number of rotatable bonds is 3. The molecule has 0 aromatic carbocycles. The minimum atomic E-state index is -0.0503. The number of carbonyl (C=O) groups is 1. The predicted octanol–water partition coefficient (Wildman–Crippen LogP) is 2.89. The van der Waals surface area contributed by atoms with Gasteiger partial charge in [0.05, 0.1) is 15.8 Å². The molecule has 16 heavy (non-hydrogen) atoms. The third-order valence-electron chi connectivity index (χ3n) is 2.46. The van der Waals surface area contributed by atoms with Gasteiger partial charge in [-0.25, -0.2) is 4.98 Å². The van der Waals surface area contributed by atoms with E-state index in [0.717, 1.165) is 22.7 Å². The van der Waals surface area contributed by atoms with Gasteiger partial charge in [0.25, 0.3) is 0 Å². The minimum absolute atomic E-state index is 0.0503. The SMILES string of the molecule is CC(C)(C)c1ncc(COC(=O)C2CC2)s1. The monoisotopic (exact) mass is 239 g/mol. The van der Waals surface area contributed by atoms with Crippen molar-refractivity contribution in [1.82, 2.24) is 4.98 Å². The molecule has 0 aliphatic heterocycles. The van der Waals surface area contributed by atoms with Crippen LogP contribution in [-0.4, -0.2) is 11.0 Å². The molecule has 1 fully saturated rings. The largest absolute Gasteiger partial charge is 0.460 e. The summed E-state index contributed by atoms with van der Waals surface area (Å²) in [5.41, 5.74) is 0.0728. The number of thiazole rings is 1. The fourth-order valence-electron chi connectivity index (χ4n) is 1.30. The van der Waals surface area contributed by atoms with Crippen LogP contribution in [-0.2, 0) is 21.6 Å². The van der Waals surface area contributed by atoms with Crippen LogP contribution < -0.4 is 0 Å². The Bertz CT molecular complexity index is 388. The normalized spacial score (nSPS) is 16.2. The van der Waals surface area contributed by atoms with Crippen molar-refractivity contribution < 1.29 is 9.53 Å². The Labute approximate surface area is 99.8 Å². The lowest BCUT2D eigenvalue weighted by molar-refractivity contribution is -0.146. The molecule has 4 heteroatoms. The first-order valence-electron chi connectivity index (χ1n) is 5.58. The van der Waals surface area contributed by atoms with Gasteiger partial charge in [0, 0.05) is 11.6 Å². The molecule has 0 bridgehead atoms. The topological polar surface area (TPSA) is 39.2 Å². The Morgan fingerprint density at radius 2 is 2.25 bits per heavy atom. The van der Waals surface area contributed by atoms with Gasteiger partial charge in [-0.2, -0.15) is 0 Å². The summed E-state index contributed by atoms with van der Waals surface area (Å²) in [5.74, 6) is 0.126. The molecule has 2 rings (SSSR count). The van der Waals surface area contributed by atoms with Gasteiger partial charge in [-0.05, 0) is 12.8 Å². The molecule has 0 N–H and O–H groups in total. The molecule has 88 valence electrons. The van der Waals surface area contributed by atoms with Gasteiger partial charge in [0.15, 0.2) is 0 Å². The first-order valence-corrected chi connectivity index (χ1v) is 6.40. The van der Waals surface area contributed by atoms with Crippen LogP contribution in [0.3, 0.4) is 0 Å². The van der Waals surface area contributed by atoms with E-state index in [1.165, 1.54) is 0 Å². The van der Waals surface area contributed by atoms with Gasteiger partial charge in [-0.15, -0.1) is 11.3 Å². The Morgan fingerprint density at radius 1 is 1.56 bits per heavy atom.